The number of alkyl halides is 3. The number of benzene rings is 1. The van der Waals surface area contributed by atoms with E-state index in [9.17, 15) is 13.2 Å². The molecule has 0 bridgehead atoms. The molecule has 3 N–H and O–H groups in total. The van der Waals surface area contributed by atoms with Gasteiger partial charge in [-0.25, -0.2) is 0 Å². The number of rotatable bonds is 3. The molecule has 0 aromatic heterocycles. The van der Waals surface area contributed by atoms with Crippen LogP contribution < -0.4 is 16.0 Å². The number of hydrogen-bond acceptors (Lipinski definition) is 4. The van der Waals surface area contributed by atoms with Crippen molar-refractivity contribution in [3.63, 3.8) is 0 Å². The van der Waals surface area contributed by atoms with Crippen LogP contribution in [0.3, 0.4) is 0 Å². The Kier molecular flexibility index (Phi) is 3.70. The van der Waals surface area contributed by atoms with Crippen molar-refractivity contribution in [2.24, 2.45) is 5.84 Å². The second-order valence-corrected chi connectivity index (χ2v) is 3.37. The van der Waals surface area contributed by atoms with Gasteiger partial charge in [-0.1, -0.05) is 6.07 Å². The first-order chi connectivity index (χ1) is 6.98. The van der Waals surface area contributed by atoms with Crippen molar-refractivity contribution in [3.05, 3.63) is 18.2 Å². The largest absolute Gasteiger partial charge is 0.573 e. The van der Waals surface area contributed by atoms with E-state index in [2.05, 4.69) is 10.2 Å². The molecule has 7 heteroatoms. The quantitative estimate of drug-likeness (QED) is 0.482. The van der Waals surface area contributed by atoms with Crippen LogP contribution in [-0.2, 0) is 0 Å². The minimum absolute atomic E-state index is 0.127. The third kappa shape index (κ3) is 3.21. The molecule has 0 radical (unpaired) electrons. The lowest BCUT2D eigenvalue weighted by molar-refractivity contribution is -0.274. The molecule has 0 unspecified atom stereocenters. The molecular formula is C8H9F3N2OS. The van der Waals surface area contributed by atoms with E-state index in [4.69, 9.17) is 5.84 Å². The van der Waals surface area contributed by atoms with E-state index in [0.717, 1.165) is 0 Å². The molecule has 15 heavy (non-hydrogen) atoms. The minimum Gasteiger partial charge on any atom is -0.403 e. The molecule has 0 saturated heterocycles. The summed E-state index contributed by atoms with van der Waals surface area (Å²) in [6.45, 7) is 0. The van der Waals surface area contributed by atoms with Crippen LogP contribution in [0.25, 0.3) is 0 Å². The molecule has 0 spiro atoms. The summed E-state index contributed by atoms with van der Waals surface area (Å²) in [5.74, 6) is 4.80. The predicted octanol–water partition coefficient (Wildman–Crippen LogP) is 2.59. The van der Waals surface area contributed by atoms with E-state index >= 15 is 0 Å². The van der Waals surface area contributed by atoms with Gasteiger partial charge in [0.1, 0.15) is 5.69 Å². The maximum absolute atomic E-state index is 12.0. The molecule has 0 aliphatic carbocycles. The Bertz CT molecular complexity index is 343. The number of ether oxygens (including phenoxy) is 1. The summed E-state index contributed by atoms with van der Waals surface area (Å²) in [5, 5.41) is 0. The third-order valence-corrected chi connectivity index (χ3v) is 2.36. The van der Waals surface area contributed by atoms with Gasteiger partial charge in [-0.15, -0.1) is 24.9 Å². The number of hydrogen-bond donors (Lipinski definition) is 2. The number of nitrogens with two attached hydrogens (primary N) is 1. The van der Waals surface area contributed by atoms with Gasteiger partial charge in [-0.2, -0.15) is 0 Å². The number of para-hydroxylation sites is 1. The molecule has 0 saturated carbocycles. The van der Waals surface area contributed by atoms with Gasteiger partial charge in [-0.05, 0) is 18.4 Å². The van der Waals surface area contributed by atoms with Crippen molar-refractivity contribution >= 4 is 17.4 Å². The Labute approximate surface area is 88.8 Å². The highest BCUT2D eigenvalue weighted by Gasteiger charge is 2.32. The zero-order chi connectivity index (χ0) is 11.5. The monoisotopic (exact) mass is 238 g/mol. The van der Waals surface area contributed by atoms with Gasteiger partial charge in [0.25, 0.3) is 0 Å². The van der Waals surface area contributed by atoms with Crippen LogP contribution >= 0.6 is 11.8 Å². The highest BCUT2D eigenvalue weighted by Crippen LogP contribution is 2.36. The summed E-state index contributed by atoms with van der Waals surface area (Å²) in [5.41, 5.74) is 2.32. The minimum atomic E-state index is -4.72. The van der Waals surface area contributed by atoms with Gasteiger partial charge < -0.3 is 10.2 Å². The number of anilines is 1. The van der Waals surface area contributed by atoms with Gasteiger partial charge in [-0.3, -0.25) is 5.84 Å². The van der Waals surface area contributed by atoms with Crippen LogP contribution in [0.2, 0.25) is 0 Å². The van der Waals surface area contributed by atoms with Gasteiger partial charge in [0.05, 0.1) is 0 Å². The predicted molar refractivity (Wildman–Crippen MR) is 52.7 cm³/mol. The number of nitrogens with one attached hydrogen (secondary N) is 1. The average molecular weight is 238 g/mol. The normalized spacial score (nSPS) is 11.3. The number of hydrazine groups is 1. The molecule has 0 amide bonds. The molecule has 1 aromatic rings. The summed E-state index contributed by atoms with van der Waals surface area (Å²) in [6, 6.07) is 4.30. The smallest absolute Gasteiger partial charge is 0.403 e. The second-order valence-electron chi connectivity index (χ2n) is 2.53. The maximum Gasteiger partial charge on any atom is 0.573 e. The summed E-state index contributed by atoms with van der Waals surface area (Å²) >= 11 is 1.27. The van der Waals surface area contributed by atoms with Gasteiger partial charge >= 0.3 is 6.36 Å². The molecule has 0 heterocycles. The Morgan fingerprint density at radius 2 is 2.07 bits per heavy atom. The fourth-order valence-electron chi connectivity index (χ4n) is 1.03. The summed E-state index contributed by atoms with van der Waals surface area (Å²) < 4.78 is 39.8. The summed E-state index contributed by atoms with van der Waals surface area (Å²) in [6.07, 6.45) is -2.99. The topological polar surface area (TPSA) is 47.3 Å². The van der Waals surface area contributed by atoms with E-state index in [-0.39, 0.29) is 11.4 Å². The molecular weight excluding hydrogens is 229 g/mol. The van der Waals surface area contributed by atoms with Crippen molar-refractivity contribution in [2.45, 2.75) is 11.3 Å². The standard InChI is InChI=1S/C8H9F3N2OS/c1-15-6-4-2-3-5(7(6)13-12)14-8(9,10)11/h2-4,13H,12H2,1H3. The average Bonchev–Trinajstić information content (AvgIpc) is 2.15. The fourth-order valence-corrected chi connectivity index (χ4v) is 1.61. The van der Waals surface area contributed by atoms with Crippen molar-refractivity contribution < 1.29 is 17.9 Å². The molecule has 0 atom stereocenters. The number of nitrogen functional groups attached to an aromatic ring is 1. The highest BCUT2D eigenvalue weighted by molar-refractivity contribution is 7.98. The van der Waals surface area contributed by atoms with E-state index in [1.165, 1.54) is 23.9 Å². The van der Waals surface area contributed by atoms with Crippen molar-refractivity contribution in [2.75, 3.05) is 11.7 Å². The SMILES string of the molecule is CSc1cccc(OC(F)(F)F)c1NN. The second kappa shape index (κ2) is 4.63. The third-order valence-electron chi connectivity index (χ3n) is 1.58. The van der Waals surface area contributed by atoms with Gasteiger partial charge in [0, 0.05) is 4.90 Å². The highest BCUT2D eigenvalue weighted by atomic mass is 32.2. The van der Waals surface area contributed by atoms with E-state index < -0.39 is 6.36 Å². The van der Waals surface area contributed by atoms with Crippen LogP contribution in [0.5, 0.6) is 5.75 Å². The molecule has 0 aliphatic rings. The van der Waals surface area contributed by atoms with Crippen LogP contribution in [-0.4, -0.2) is 12.6 Å². The van der Waals surface area contributed by atoms with Crippen LogP contribution in [0.15, 0.2) is 23.1 Å². The van der Waals surface area contributed by atoms with Crippen molar-refractivity contribution in [3.8, 4) is 5.75 Å². The van der Waals surface area contributed by atoms with Crippen molar-refractivity contribution in [1.29, 1.82) is 0 Å². The first-order valence-corrected chi connectivity index (χ1v) is 5.10. The van der Waals surface area contributed by atoms with Gasteiger partial charge in [0.2, 0.25) is 0 Å². The molecule has 3 nitrogen and oxygen atoms in total. The first-order valence-electron chi connectivity index (χ1n) is 3.87. The van der Waals surface area contributed by atoms with Crippen LogP contribution in [0.4, 0.5) is 18.9 Å². The van der Waals surface area contributed by atoms with E-state index in [1.807, 2.05) is 0 Å². The maximum atomic E-state index is 12.0. The Morgan fingerprint density at radius 1 is 1.40 bits per heavy atom. The lowest BCUT2D eigenvalue weighted by Gasteiger charge is -2.14. The fraction of sp³-hybridized carbons (Fsp3) is 0.250. The summed E-state index contributed by atoms with van der Waals surface area (Å²) in [7, 11) is 0. The van der Waals surface area contributed by atoms with E-state index in [0.29, 0.717) is 4.90 Å². The molecule has 0 aliphatic heterocycles. The summed E-state index contributed by atoms with van der Waals surface area (Å²) in [4.78, 5) is 0.583. The van der Waals surface area contributed by atoms with E-state index in [1.54, 1.807) is 12.3 Å². The Morgan fingerprint density at radius 3 is 2.53 bits per heavy atom. The van der Waals surface area contributed by atoms with Crippen molar-refractivity contribution in [1.82, 2.24) is 0 Å². The molecule has 84 valence electrons. The first kappa shape index (κ1) is 12.0. The molecule has 1 rings (SSSR count). The van der Waals surface area contributed by atoms with Gasteiger partial charge in [0.15, 0.2) is 5.75 Å². The lowest BCUT2D eigenvalue weighted by Crippen LogP contribution is -2.19. The van der Waals surface area contributed by atoms with Crippen LogP contribution in [0.1, 0.15) is 0 Å². The molecule has 1 aromatic carbocycles. The lowest BCUT2D eigenvalue weighted by atomic mass is 10.3. The number of thioether (sulfide) groups is 1. The Hall–Kier alpha value is -1.08. The Balaban J connectivity index is 3.06. The zero-order valence-corrected chi connectivity index (χ0v) is 8.58. The van der Waals surface area contributed by atoms with Crippen LogP contribution in [0, 0.1) is 0 Å². The molecule has 0 fully saturated rings. The number of halogens is 3. The zero-order valence-electron chi connectivity index (χ0n) is 7.76.